The van der Waals surface area contributed by atoms with Crippen molar-refractivity contribution in [2.24, 2.45) is 0 Å². The van der Waals surface area contributed by atoms with E-state index >= 15 is 0 Å². The first kappa shape index (κ1) is 24.6. The minimum atomic E-state index is -4.49. The number of urea groups is 1. The number of alkyl halides is 3. The van der Waals surface area contributed by atoms with Gasteiger partial charge in [0.1, 0.15) is 5.75 Å². The van der Waals surface area contributed by atoms with E-state index in [2.05, 4.69) is 10.6 Å². The fraction of sp³-hybridized carbons (Fsp3) is 0.360. The van der Waals surface area contributed by atoms with E-state index in [1.54, 1.807) is 32.0 Å². The Labute approximate surface area is 200 Å². The van der Waals surface area contributed by atoms with Gasteiger partial charge in [0.2, 0.25) is 5.91 Å². The summed E-state index contributed by atoms with van der Waals surface area (Å²) < 4.78 is 44.7. The number of nitrogens with zero attached hydrogens (tertiary/aromatic N) is 1. The molecule has 2 aliphatic heterocycles. The number of amides is 3. The van der Waals surface area contributed by atoms with Crippen LogP contribution in [0, 0.1) is 0 Å². The summed E-state index contributed by atoms with van der Waals surface area (Å²) in [5.41, 5.74) is 1.04. The number of halogens is 3. The summed E-state index contributed by atoms with van der Waals surface area (Å²) in [4.78, 5) is 26.6. The smallest absolute Gasteiger partial charge is 0.416 e. The lowest BCUT2D eigenvalue weighted by Gasteiger charge is -2.33. The summed E-state index contributed by atoms with van der Waals surface area (Å²) in [5, 5.41) is 15.5. The first-order chi connectivity index (χ1) is 16.4. The van der Waals surface area contributed by atoms with E-state index in [1.807, 2.05) is 0 Å². The van der Waals surface area contributed by atoms with E-state index in [4.69, 9.17) is 4.74 Å². The van der Waals surface area contributed by atoms with Crippen LogP contribution in [0.15, 0.2) is 42.5 Å². The second kappa shape index (κ2) is 9.26. The van der Waals surface area contributed by atoms with Gasteiger partial charge in [0.15, 0.2) is 0 Å². The van der Waals surface area contributed by atoms with Gasteiger partial charge in [0, 0.05) is 29.6 Å². The first-order valence-corrected chi connectivity index (χ1v) is 11.2. The highest BCUT2D eigenvalue weighted by atomic mass is 19.4. The number of fused-ring (bicyclic) bond motifs is 2. The zero-order valence-electron chi connectivity index (χ0n) is 19.3. The molecule has 0 bridgehead atoms. The summed E-state index contributed by atoms with van der Waals surface area (Å²) in [6.07, 6.45) is -2.09. The topological polar surface area (TPSA) is 90.9 Å². The van der Waals surface area contributed by atoms with E-state index in [9.17, 15) is 27.9 Å². The van der Waals surface area contributed by atoms with Crippen molar-refractivity contribution in [1.82, 2.24) is 4.90 Å². The van der Waals surface area contributed by atoms with Gasteiger partial charge in [-0.25, -0.2) is 4.79 Å². The number of aliphatic hydroxyl groups is 1. The molecule has 10 heteroatoms. The normalized spacial score (nSPS) is 17.1. The second-order valence-corrected chi connectivity index (χ2v) is 9.29. The average Bonchev–Trinajstić information content (AvgIpc) is 2.94. The molecule has 0 aliphatic carbocycles. The van der Waals surface area contributed by atoms with Gasteiger partial charge in [0.25, 0.3) is 0 Å². The van der Waals surface area contributed by atoms with Gasteiger partial charge in [-0.3, -0.25) is 4.79 Å². The molecule has 4 rings (SSSR count). The largest absolute Gasteiger partial charge is 0.493 e. The Morgan fingerprint density at radius 3 is 2.71 bits per heavy atom. The number of hydrogen-bond acceptors (Lipinski definition) is 4. The number of nitrogens with one attached hydrogen (secondary N) is 2. The summed E-state index contributed by atoms with van der Waals surface area (Å²) in [6, 6.07) is 8.04. The molecule has 0 radical (unpaired) electrons. The number of carbonyl (C=O) groups is 2. The van der Waals surface area contributed by atoms with Crippen molar-refractivity contribution in [2.75, 3.05) is 23.8 Å². The highest BCUT2D eigenvalue weighted by Gasteiger charge is 2.32. The van der Waals surface area contributed by atoms with E-state index in [1.165, 1.54) is 17.0 Å². The van der Waals surface area contributed by atoms with Crippen LogP contribution in [0.3, 0.4) is 0 Å². The molecular weight excluding hydrogens is 463 g/mol. The molecule has 7 nitrogen and oxygen atoms in total. The number of ether oxygens (including phenoxy) is 1. The lowest BCUT2D eigenvalue weighted by molar-refractivity contribution is -0.137. The molecule has 0 aromatic heterocycles. The molecule has 0 saturated heterocycles. The van der Waals surface area contributed by atoms with E-state index < -0.39 is 23.2 Å². The Kier molecular flexibility index (Phi) is 6.50. The zero-order chi connectivity index (χ0) is 25.4. The fourth-order valence-corrected chi connectivity index (χ4v) is 4.12. The molecule has 0 unspecified atom stereocenters. The molecule has 0 saturated carbocycles. The van der Waals surface area contributed by atoms with Crippen molar-refractivity contribution in [3.05, 3.63) is 59.2 Å². The summed E-state index contributed by atoms with van der Waals surface area (Å²) >= 11 is 0. The van der Waals surface area contributed by atoms with Crippen LogP contribution >= 0.6 is 0 Å². The van der Waals surface area contributed by atoms with Crippen LogP contribution in [-0.2, 0) is 17.5 Å². The van der Waals surface area contributed by atoms with Crippen molar-refractivity contribution in [3.63, 3.8) is 0 Å². The Hall–Kier alpha value is -3.53. The molecule has 35 heavy (non-hydrogen) atoms. The minimum absolute atomic E-state index is 0.100. The molecule has 0 atom stereocenters. The van der Waals surface area contributed by atoms with Crippen LogP contribution in [-0.4, -0.2) is 40.7 Å². The molecule has 2 aromatic carbocycles. The van der Waals surface area contributed by atoms with Crippen LogP contribution in [0.25, 0.3) is 5.57 Å². The van der Waals surface area contributed by atoms with E-state index in [0.29, 0.717) is 41.9 Å². The average molecular weight is 489 g/mol. The monoisotopic (exact) mass is 489 g/mol. The van der Waals surface area contributed by atoms with Crippen LogP contribution in [0.2, 0.25) is 0 Å². The van der Waals surface area contributed by atoms with Crippen molar-refractivity contribution in [3.8, 4) is 5.75 Å². The quantitative estimate of drug-likeness (QED) is 0.526. The highest BCUT2D eigenvalue weighted by molar-refractivity contribution is 6.05. The summed E-state index contributed by atoms with van der Waals surface area (Å²) in [6.45, 7) is 3.98. The third kappa shape index (κ3) is 5.94. The van der Waals surface area contributed by atoms with Crippen LogP contribution in [0.1, 0.15) is 43.4 Å². The highest BCUT2D eigenvalue weighted by Crippen LogP contribution is 2.38. The van der Waals surface area contributed by atoms with Gasteiger partial charge in [-0.15, -0.1) is 0 Å². The fourth-order valence-electron chi connectivity index (χ4n) is 4.12. The molecular formula is C25H26F3N3O4. The SMILES string of the molecule is CC(C)(O)CN1Cc2ccc(NC(=O)/C=C3\CCCOc4cc(C(F)(F)F)ccc43)cc2NC1=O. The maximum Gasteiger partial charge on any atom is 0.416 e. The number of benzene rings is 2. The zero-order valence-corrected chi connectivity index (χ0v) is 19.3. The van der Waals surface area contributed by atoms with Crippen molar-refractivity contribution < 1.29 is 32.6 Å². The Balaban J connectivity index is 1.51. The number of rotatable bonds is 4. The summed E-state index contributed by atoms with van der Waals surface area (Å²) in [5.74, 6) is -0.345. The van der Waals surface area contributed by atoms with Gasteiger partial charge in [-0.1, -0.05) is 12.1 Å². The third-order valence-corrected chi connectivity index (χ3v) is 5.65. The molecule has 0 spiro atoms. The molecule has 0 fully saturated rings. The Morgan fingerprint density at radius 2 is 2.00 bits per heavy atom. The molecule has 2 aromatic rings. The number of anilines is 2. The van der Waals surface area contributed by atoms with Gasteiger partial charge in [-0.05, 0) is 62.1 Å². The number of β-amino-alcohol motifs (C(OH)–C–C–N with tert-alkyl or cyclic N) is 1. The minimum Gasteiger partial charge on any atom is -0.493 e. The molecule has 3 N–H and O–H groups in total. The Bertz CT molecular complexity index is 1190. The van der Waals surface area contributed by atoms with E-state index in [0.717, 1.165) is 17.7 Å². The molecule has 2 heterocycles. The number of allylic oxidation sites excluding steroid dienone is 1. The van der Waals surface area contributed by atoms with Crippen LogP contribution in [0.5, 0.6) is 5.75 Å². The summed E-state index contributed by atoms with van der Waals surface area (Å²) in [7, 11) is 0. The molecule has 186 valence electrons. The molecule has 2 aliphatic rings. The maximum atomic E-state index is 13.1. The van der Waals surface area contributed by atoms with Gasteiger partial charge >= 0.3 is 12.2 Å². The number of carbonyl (C=O) groups excluding carboxylic acids is 2. The van der Waals surface area contributed by atoms with Gasteiger partial charge < -0.3 is 25.4 Å². The predicted octanol–water partition coefficient (Wildman–Crippen LogP) is 5.02. The van der Waals surface area contributed by atoms with Crippen molar-refractivity contribution in [1.29, 1.82) is 0 Å². The lowest BCUT2D eigenvalue weighted by Crippen LogP contribution is -2.46. The molecule has 3 amide bonds. The first-order valence-electron chi connectivity index (χ1n) is 11.2. The predicted molar refractivity (Wildman–Crippen MR) is 125 cm³/mol. The Morgan fingerprint density at radius 1 is 1.23 bits per heavy atom. The third-order valence-electron chi connectivity index (χ3n) is 5.65. The number of hydrogen-bond donors (Lipinski definition) is 3. The van der Waals surface area contributed by atoms with Crippen molar-refractivity contribution in [2.45, 2.75) is 45.0 Å². The maximum absolute atomic E-state index is 13.1. The van der Waals surface area contributed by atoms with Crippen molar-refractivity contribution >= 4 is 28.9 Å². The van der Waals surface area contributed by atoms with Gasteiger partial charge in [-0.2, -0.15) is 13.2 Å². The standard InChI is InChI=1S/C25H26F3N3O4/c1-24(2,34)14-31-13-16-5-7-18(12-20(16)30-23(31)33)29-22(32)10-15-4-3-9-35-21-11-17(25(26,27)28)6-8-19(15)21/h5-8,10-12,34H,3-4,9,13-14H2,1-2H3,(H,29,32)(H,30,33)/b15-10+. The van der Waals surface area contributed by atoms with Crippen LogP contribution < -0.4 is 15.4 Å². The van der Waals surface area contributed by atoms with E-state index in [-0.39, 0.29) is 24.9 Å². The van der Waals surface area contributed by atoms with Crippen LogP contribution in [0.4, 0.5) is 29.3 Å². The second-order valence-electron chi connectivity index (χ2n) is 9.29. The lowest BCUT2D eigenvalue weighted by atomic mass is 9.99. The van der Waals surface area contributed by atoms with Gasteiger partial charge in [0.05, 0.1) is 24.3 Å².